The van der Waals surface area contributed by atoms with Crippen LogP contribution in [-0.2, 0) is 11.3 Å². The van der Waals surface area contributed by atoms with Gasteiger partial charge in [-0.1, -0.05) is 12.1 Å². The Bertz CT molecular complexity index is 726. The van der Waals surface area contributed by atoms with Crippen molar-refractivity contribution in [2.45, 2.75) is 45.8 Å². The summed E-state index contributed by atoms with van der Waals surface area (Å²) >= 11 is 0. The van der Waals surface area contributed by atoms with Gasteiger partial charge in [-0.2, -0.15) is 5.10 Å². The Kier molecular flexibility index (Phi) is 5.58. The summed E-state index contributed by atoms with van der Waals surface area (Å²) in [5, 5.41) is 7.36. The molecule has 0 aliphatic carbocycles. The van der Waals surface area contributed by atoms with Gasteiger partial charge in [0.05, 0.1) is 5.69 Å². The first kappa shape index (κ1) is 17.3. The first-order chi connectivity index (χ1) is 12.1. The molecule has 25 heavy (non-hydrogen) atoms. The first-order valence-electron chi connectivity index (χ1n) is 8.78. The molecule has 2 aromatic rings. The second-order valence-corrected chi connectivity index (χ2v) is 6.39. The van der Waals surface area contributed by atoms with Gasteiger partial charge in [0, 0.05) is 31.6 Å². The number of nitrogens with zero attached hydrogens (tertiary/aromatic N) is 2. The van der Waals surface area contributed by atoms with E-state index in [1.807, 2.05) is 48.9 Å². The van der Waals surface area contributed by atoms with Crippen LogP contribution in [0, 0.1) is 13.8 Å². The normalized spacial score (nSPS) is 15.8. The molecule has 1 atom stereocenters. The van der Waals surface area contributed by atoms with E-state index >= 15 is 0 Å². The first-order valence-corrected chi connectivity index (χ1v) is 8.78. The third kappa shape index (κ3) is 4.75. The van der Waals surface area contributed by atoms with E-state index < -0.39 is 0 Å². The summed E-state index contributed by atoms with van der Waals surface area (Å²) in [5.41, 5.74) is 2.14. The minimum absolute atomic E-state index is 0.0232. The molecule has 0 saturated carbocycles. The fourth-order valence-electron chi connectivity index (χ4n) is 2.96. The Morgan fingerprint density at radius 1 is 1.32 bits per heavy atom. The van der Waals surface area contributed by atoms with Crippen molar-refractivity contribution in [3.63, 3.8) is 0 Å². The number of ether oxygens (including phenoxy) is 2. The third-order valence-corrected chi connectivity index (χ3v) is 4.23. The van der Waals surface area contributed by atoms with Crippen LogP contribution >= 0.6 is 0 Å². The molecule has 0 unspecified atom stereocenters. The van der Waals surface area contributed by atoms with Crippen LogP contribution in [-0.4, -0.2) is 34.9 Å². The highest BCUT2D eigenvalue weighted by Crippen LogP contribution is 2.31. The molecule has 1 aliphatic heterocycles. The summed E-state index contributed by atoms with van der Waals surface area (Å²) in [6.45, 7) is 5.89. The van der Waals surface area contributed by atoms with Gasteiger partial charge in [0.25, 0.3) is 0 Å². The summed E-state index contributed by atoms with van der Waals surface area (Å²) in [5.74, 6) is 1.63. The van der Waals surface area contributed by atoms with Crippen molar-refractivity contribution in [2.75, 3.05) is 13.2 Å². The lowest BCUT2D eigenvalue weighted by Gasteiger charge is -2.26. The highest BCUT2D eigenvalue weighted by Gasteiger charge is 2.20. The second kappa shape index (κ2) is 8.05. The molecule has 0 spiro atoms. The van der Waals surface area contributed by atoms with Crippen molar-refractivity contribution in [2.24, 2.45) is 0 Å². The van der Waals surface area contributed by atoms with E-state index in [0.717, 1.165) is 42.3 Å². The quantitative estimate of drug-likeness (QED) is 0.839. The van der Waals surface area contributed by atoms with Crippen molar-refractivity contribution in [1.29, 1.82) is 0 Å². The summed E-state index contributed by atoms with van der Waals surface area (Å²) < 4.78 is 13.5. The average molecular weight is 343 g/mol. The van der Waals surface area contributed by atoms with Crippen molar-refractivity contribution >= 4 is 5.91 Å². The van der Waals surface area contributed by atoms with E-state index in [2.05, 4.69) is 10.4 Å². The molecule has 1 aromatic carbocycles. The molecule has 134 valence electrons. The molecular formula is C19H25N3O3. The standard InChI is InChI=1S/C19H25N3O3/c1-14-12-15(2)22(21-14)11-5-8-19(23)20-10-9-16-13-24-17-6-3-4-7-18(17)25-16/h3-4,6-7,12,16H,5,8-11,13H2,1-2H3,(H,20,23)/t16-/m1/s1. The number of carbonyl (C=O) groups excluding carboxylic acids is 1. The lowest BCUT2D eigenvalue weighted by molar-refractivity contribution is -0.121. The van der Waals surface area contributed by atoms with Gasteiger partial charge in [-0.25, -0.2) is 0 Å². The maximum Gasteiger partial charge on any atom is 0.220 e. The van der Waals surface area contributed by atoms with Crippen LogP contribution in [0.25, 0.3) is 0 Å². The van der Waals surface area contributed by atoms with Gasteiger partial charge < -0.3 is 14.8 Å². The van der Waals surface area contributed by atoms with Gasteiger partial charge in [-0.05, 0) is 38.5 Å². The van der Waals surface area contributed by atoms with E-state index in [0.29, 0.717) is 19.6 Å². The largest absolute Gasteiger partial charge is 0.486 e. The molecule has 6 nitrogen and oxygen atoms in total. The van der Waals surface area contributed by atoms with Crippen LogP contribution in [0.2, 0.25) is 0 Å². The summed E-state index contributed by atoms with van der Waals surface area (Å²) in [7, 11) is 0. The predicted octanol–water partition coefficient (Wildman–Crippen LogP) is 2.63. The fraction of sp³-hybridized carbons (Fsp3) is 0.474. The molecule has 0 saturated heterocycles. The molecule has 1 aromatic heterocycles. The number of carbonyl (C=O) groups is 1. The SMILES string of the molecule is Cc1cc(C)n(CCCC(=O)NCC[C@@H]2COc3ccccc3O2)n1. The van der Waals surface area contributed by atoms with Crippen LogP contribution in [0.15, 0.2) is 30.3 Å². The predicted molar refractivity (Wildman–Crippen MR) is 94.9 cm³/mol. The average Bonchev–Trinajstić information content (AvgIpc) is 2.92. The van der Waals surface area contributed by atoms with Crippen LogP contribution in [0.4, 0.5) is 0 Å². The molecule has 2 heterocycles. The Hall–Kier alpha value is -2.50. The number of hydrogen-bond acceptors (Lipinski definition) is 4. The molecule has 1 amide bonds. The molecule has 1 aliphatic rings. The Labute approximate surface area is 148 Å². The van der Waals surface area contributed by atoms with Crippen LogP contribution in [0.3, 0.4) is 0 Å². The zero-order chi connectivity index (χ0) is 17.6. The van der Waals surface area contributed by atoms with Crippen LogP contribution in [0.5, 0.6) is 11.5 Å². The molecule has 0 fully saturated rings. The van der Waals surface area contributed by atoms with E-state index in [-0.39, 0.29) is 12.0 Å². The summed E-state index contributed by atoms with van der Waals surface area (Å²) in [4.78, 5) is 12.0. The Morgan fingerprint density at radius 3 is 2.88 bits per heavy atom. The number of aryl methyl sites for hydroxylation is 3. The highest BCUT2D eigenvalue weighted by atomic mass is 16.6. The van der Waals surface area contributed by atoms with E-state index in [9.17, 15) is 4.79 Å². The maximum atomic E-state index is 12.0. The van der Waals surface area contributed by atoms with E-state index in [1.165, 1.54) is 0 Å². The van der Waals surface area contributed by atoms with Gasteiger partial charge in [0.1, 0.15) is 12.7 Å². The van der Waals surface area contributed by atoms with Gasteiger partial charge >= 0.3 is 0 Å². The van der Waals surface area contributed by atoms with Gasteiger partial charge in [-0.3, -0.25) is 9.48 Å². The molecule has 3 rings (SSSR count). The van der Waals surface area contributed by atoms with Gasteiger partial charge in [0.2, 0.25) is 5.91 Å². The number of amides is 1. The van der Waals surface area contributed by atoms with E-state index in [4.69, 9.17) is 9.47 Å². The third-order valence-electron chi connectivity index (χ3n) is 4.23. The van der Waals surface area contributed by atoms with Crippen molar-refractivity contribution in [3.8, 4) is 11.5 Å². The minimum atomic E-state index is -0.0232. The highest BCUT2D eigenvalue weighted by molar-refractivity contribution is 5.75. The lowest BCUT2D eigenvalue weighted by Crippen LogP contribution is -2.34. The Morgan fingerprint density at radius 2 is 2.12 bits per heavy atom. The van der Waals surface area contributed by atoms with Gasteiger partial charge in [0.15, 0.2) is 11.5 Å². The molecule has 1 N–H and O–H groups in total. The zero-order valence-electron chi connectivity index (χ0n) is 14.8. The van der Waals surface area contributed by atoms with Crippen molar-refractivity contribution in [1.82, 2.24) is 15.1 Å². The van der Waals surface area contributed by atoms with E-state index in [1.54, 1.807) is 0 Å². The molecular weight excluding hydrogens is 318 g/mol. The zero-order valence-corrected chi connectivity index (χ0v) is 14.8. The van der Waals surface area contributed by atoms with Crippen LogP contribution < -0.4 is 14.8 Å². The molecule has 6 heteroatoms. The number of benzene rings is 1. The Balaban J connectivity index is 1.32. The number of hydrogen-bond donors (Lipinski definition) is 1. The number of aromatic nitrogens is 2. The topological polar surface area (TPSA) is 65.4 Å². The van der Waals surface area contributed by atoms with Crippen molar-refractivity contribution < 1.29 is 14.3 Å². The second-order valence-electron chi connectivity index (χ2n) is 6.39. The molecule has 0 radical (unpaired) electrons. The summed E-state index contributed by atoms with van der Waals surface area (Å²) in [6, 6.07) is 9.70. The number of para-hydroxylation sites is 2. The van der Waals surface area contributed by atoms with Crippen molar-refractivity contribution in [3.05, 3.63) is 41.7 Å². The van der Waals surface area contributed by atoms with Gasteiger partial charge in [-0.15, -0.1) is 0 Å². The van der Waals surface area contributed by atoms with Crippen LogP contribution in [0.1, 0.15) is 30.7 Å². The minimum Gasteiger partial charge on any atom is -0.486 e. The lowest BCUT2D eigenvalue weighted by atomic mass is 10.2. The number of nitrogens with one attached hydrogen (secondary N) is 1. The number of fused-ring (bicyclic) bond motifs is 1. The number of rotatable bonds is 7. The maximum absolute atomic E-state index is 12.0. The smallest absolute Gasteiger partial charge is 0.220 e. The fourth-order valence-corrected chi connectivity index (χ4v) is 2.96. The summed E-state index contributed by atoms with van der Waals surface area (Å²) in [6.07, 6.45) is 2.00. The monoisotopic (exact) mass is 343 g/mol. The molecule has 0 bridgehead atoms.